The SMILES string of the molecule is CC(NC(=O)Nc1ccccc1)c1cccc(OC(F)F)c1. The molecule has 2 amide bonds. The molecule has 0 fully saturated rings. The Labute approximate surface area is 127 Å². The van der Waals surface area contributed by atoms with E-state index < -0.39 is 6.61 Å². The lowest BCUT2D eigenvalue weighted by Gasteiger charge is -2.16. The fraction of sp³-hybridized carbons (Fsp3) is 0.188. The number of ether oxygens (including phenoxy) is 1. The van der Waals surface area contributed by atoms with Crippen LogP contribution in [0.1, 0.15) is 18.5 Å². The number of amides is 2. The summed E-state index contributed by atoms with van der Waals surface area (Å²) in [4.78, 5) is 11.9. The first-order chi connectivity index (χ1) is 10.5. The highest BCUT2D eigenvalue weighted by molar-refractivity contribution is 5.89. The van der Waals surface area contributed by atoms with Crippen LogP contribution in [0.3, 0.4) is 0 Å². The number of alkyl halides is 2. The number of benzene rings is 2. The molecule has 2 aromatic carbocycles. The summed E-state index contributed by atoms with van der Waals surface area (Å²) in [5, 5.41) is 5.42. The highest BCUT2D eigenvalue weighted by atomic mass is 19.3. The van der Waals surface area contributed by atoms with E-state index in [1.165, 1.54) is 12.1 Å². The fourth-order valence-corrected chi connectivity index (χ4v) is 1.93. The largest absolute Gasteiger partial charge is 0.435 e. The molecule has 4 nitrogen and oxygen atoms in total. The van der Waals surface area contributed by atoms with E-state index in [1.54, 1.807) is 31.2 Å². The van der Waals surface area contributed by atoms with Gasteiger partial charge in [0.25, 0.3) is 0 Å². The van der Waals surface area contributed by atoms with Crippen LogP contribution in [0.25, 0.3) is 0 Å². The van der Waals surface area contributed by atoms with Crippen molar-refractivity contribution >= 4 is 11.7 Å². The molecule has 116 valence electrons. The average molecular weight is 306 g/mol. The summed E-state index contributed by atoms with van der Waals surface area (Å²) in [5.41, 5.74) is 1.34. The van der Waals surface area contributed by atoms with Gasteiger partial charge in [-0.25, -0.2) is 4.79 Å². The number of halogens is 2. The maximum Gasteiger partial charge on any atom is 0.387 e. The molecular weight excluding hydrogens is 290 g/mol. The van der Waals surface area contributed by atoms with E-state index in [0.29, 0.717) is 11.3 Å². The Bertz CT molecular complexity index is 621. The van der Waals surface area contributed by atoms with Gasteiger partial charge in [0.15, 0.2) is 0 Å². The Morgan fingerprint density at radius 3 is 2.50 bits per heavy atom. The molecule has 0 bridgehead atoms. The minimum absolute atomic E-state index is 0.0598. The van der Waals surface area contributed by atoms with Crippen LogP contribution in [0.5, 0.6) is 5.75 Å². The summed E-state index contributed by atoms with van der Waals surface area (Å²) in [5.74, 6) is 0.0598. The quantitative estimate of drug-likeness (QED) is 0.871. The van der Waals surface area contributed by atoms with Gasteiger partial charge >= 0.3 is 12.6 Å². The molecule has 0 aromatic heterocycles. The molecule has 1 atom stereocenters. The first-order valence-electron chi connectivity index (χ1n) is 6.72. The van der Waals surface area contributed by atoms with E-state index in [0.717, 1.165) is 0 Å². The second-order valence-corrected chi connectivity index (χ2v) is 4.64. The molecule has 0 saturated carbocycles. The maximum absolute atomic E-state index is 12.2. The van der Waals surface area contributed by atoms with Crippen molar-refractivity contribution < 1.29 is 18.3 Å². The first-order valence-corrected chi connectivity index (χ1v) is 6.72. The summed E-state index contributed by atoms with van der Waals surface area (Å²) in [7, 11) is 0. The lowest BCUT2D eigenvalue weighted by molar-refractivity contribution is -0.0499. The average Bonchev–Trinajstić information content (AvgIpc) is 2.47. The first kappa shape index (κ1) is 15.8. The number of anilines is 1. The fourth-order valence-electron chi connectivity index (χ4n) is 1.93. The molecule has 0 saturated heterocycles. The zero-order valence-electron chi connectivity index (χ0n) is 11.9. The minimum atomic E-state index is -2.88. The third-order valence-electron chi connectivity index (χ3n) is 2.96. The number of carbonyl (C=O) groups excluding carboxylic acids is 1. The predicted octanol–water partition coefficient (Wildman–Crippen LogP) is 4.17. The Kier molecular flexibility index (Phi) is 5.30. The van der Waals surface area contributed by atoms with E-state index in [2.05, 4.69) is 15.4 Å². The third kappa shape index (κ3) is 4.73. The standard InChI is InChI=1S/C16H16F2N2O2/c1-11(12-6-5-9-14(10-12)22-15(17)18)19-16(21)20-13-7-3-2-4-8-13/h2-11,15H,1H3,(H2,19,20,21). The van der Waals surface area contributed by atoms with Crippen LogP contribution in [-0.2, 0) is 0 Å². The molecule has 0 heterocycles. The number of hydrogen-bond acceptors (Lipinski definition) is 2. The van der Waals surface area contributed by atoms with Crippen molar-refractivity contribution in [3.05, 3.63) is 60.2 Å². The zero-order chi connectivity index (χ0) is 15.9. The van der Waals surface area contributed by atoms with Crippen LogP contribution in [0.15, 0.2) is 54.6 Å². The van der Waals surface area contributed by atoms with E-state index in [1.807, 2.05) is 18.2 Å². The summed E-state index contributed by atoms with van der Waals surface area (Å²) < 4.78 is 28.8. The van der Waals surface area contributed by atoms with Gasteiger partial charge in [-0.3, -0.25) is 0 Å². The molecule has 2 rings (SSSR count). The molecule has 2 aromatic rings. The van der Waals surface area contributed by atoms with Crippen molar-refractivity contribution in [2.75, 3.05) is 5.32 Å². The van der Waals surface area contributed by atoms with Gasteiger partial charge in [-0.2, -0.15) is 8.78 Å². The van der Waals surface area contributed by atoms with Crippen molar-refractivity contribution in [2.45, 2.75) is 19.6 Å². The molecule has 0 radical (unpaired) electrons. The van der Waals surface area contributed by atoms with Crippen molar-refractivity contribution in [1.29, 1.82) is 0 Å². The van der Waals surface area contributed by atoms with E-state index in [4.69, 9.17) is 0 Å². The molecule has 6 heteroatoms. The predicted molar refractivity (Wildman–Crippen MR) is 80.1 cm³/mol. The highest BCUT2D eigenvalue weighted by Gasteiger charge is 2.11. The van der Waals surface area contributed by atoms with Crippen molar-refractivity contribution in [3.8, 4) is 5.75 Å². The van der Waals surface area contributed by atoms with Gasteiger partial charge < -0.3 is 15.4 Å². The summed E-state index contributed by atoms with van der Waals surface area (Å²) in [6, 6.07) is 14.5. The monoisotopic (exact) mass is 306 g/mol. The smallest absolute Gasteiger partial charge is 0.387 e. The zero-order valence-corrected chi connectivity index (χ0v) is 11.9. The van der Waals surface area contributed by atoms with Crippen molar-refractivity contribution in [2.24, 2.45) is 0 Å². The summed E-state index contributed by atoms with van der Waals surface area (Å²) in [6.45, 7) is -1.12. The van der Waals surface area contributed by atoms with Gasteiger partial charge in [0.2, 0.25) is 0 Å². The van der Waals surface area contributed by atoms with Crippen LogP contribution in [0.2, 0.25) is 0 Å². The molecule has 0 spiro atoms. The molecule has 0 aliphatic rings. The van der Waals surface area contributed by atoms with Crippen LogP contribution in [0.4, 0.5) is 19.3 Å². The molecular formula is C16H16F2N2O2. The van der Waals surface area contributed by atoms with E-state index >= 15 is 0 Å². The normalized spacial score (nSPS) is 11.8. The topological polar surface area (TPSA) is 50.4 Å². The van der Waals surface area contributed by atoms with Gasteiger partial charge in [0.05, 0.1) is 6.04 Å². The third-order valence-corrected chi connectivity index (χ3v) is 2.96. The molecule has 0 aliphatic carbocycles. The molecule has 1 unspecified atom stereocenters. The number of hydrogen-bond donors (Lipinski definition) is 2. The Balaban J connectivity index is 1.96. The Hall–Kier alpha value is -2.63. The van der Waals surface area contributed by atoms with Crippen LogP contribution < -0.4 is 15.4 Å². The van der Waals surface area contributed by atoms with Gasteiger partial charge in [-0.05, 0) is 36.8 Å². The second-order valence-electron chi connectivity index (χ2n) is 4.64. The molecule has 2 N–H and O–H groups in total. The van der Waals surface area contributed by atoms with Gasteiger partial charge in [-0.15, -0.1) is 0 Å². The molecule has 0 aliphatic heterocycles. The van der Waals surface area contributed by atoms with Crippen molar-refractivity contribution in [1.82, 2.24) is 5.32 Å². The number of rotatable bonds is 5. The van der Waals surface area contributed by atoms with Gasteiger partial charge in [0.1, 0.15) is 5.75 Å². The number of urea groups is 1. The summed E-state index contributed by atoms with van der Waals surface area (Å²) >= 11 is 0. The lowest BCUT2D eigenvalue weighted by Crippen LogP contribution is -2.31. The van der Waals surface area contributed by atoms with Gasteiger partial charge in [-0.1, -0.05) is 30.3 Å². The van der Waals surface area contributed by atoms with Gasteiger partial charge in [0, 0.05) is 5.69 Å². The van der Waals surface area contributed by atoms with E-state index in [-0.39, 0.29) is 17.8 Å². The number of carbonyl (C=O) groups is 1. The molecule has 22 heavy (non-hydrogen) atoms. The van der Waals surface area contributed by atoms with Crippen LogP contribution in [-0.4, -0.2) is 12.6 Å². The van der Waals surface area contributed by atoms with E-state index in [9.17, 15) is 13.6 Å². The maximum atomic E-state index is 12.2. The van der Waals surface area contributed by atoms with Crippen LogP contribution in [0, 0.1) is 0 Å². The van der Waals surface area contributed by atoms with Crippen molar-refractivity contribution in [3.63, 3.8) is 0 Å². The Morgan fingerprint density at radius 1 is 1.09 bits per heavy atom. The summed E-state index contributed by atoms with van der Waals surface area (Å²) in [6.07, 6.45) is 0. The number of nitrogens with one attached hydrogen (secondary N) is 2. The number of para-hydroxylation sites is 1. The van der Waals surface area contributed by atoms with Crippen LogP contribution >= 0.6 is 0 Å². The highest BCUT2D eigenvalue weighted by Crippen LogP contribution is 2.20. The Morgan fingerprint density at radius 2 is 1.82 bits per heavy atom. The minimum Gasteiger partial charge on any atom is -0.435 e. The second kappa shape index (κ2) is 7.40. The lowest BCUT2D eigenvalue weighted by atomic mass is 10.1.